The summed E-state index contributed by atoms with van der Waals surface area (Å²) in [5.41, 5.74) is 1.18. The molecule has 0 N–H and O–H groups in total. The molecule has 0 radical (unpaired) electrons. The van der Waals surface area contributed by atoms with Crippen LogP contribution in [0.3, 0.4) is 0 Å². The van der Waals surface area contributed by atoms with Gasteiger partial charge in [0, 0.05) is 22.5 Å². The molecule has 1 aliphatic rings. The summed E-state index contributed by atoms with van der Waals surface area (Å²) in [6.07, 6.45) is 9.85. The summed E-state index contributed by atoms with van der Waals surface area (Å²) in [4.78, 5) is 4.05. The lowest BCUT2D eigenvalue weighted by Gasteiger charge is -2.31. The number of hydrogen-bond donors (Lipinski definition) is 0. The van der Waals surface area contributed by atoms with E-state index in [2.05, 4.69) is 16.1 Å². The average Bonchev–Trinajstić information content (AvgIpc) is 2.99. The van der Waals surface area contributed by atoms with Gasteiger partial charge in [0.1, 0.15) is 12.7 Å². The normalized spacial score (nSPS) is 17.8. The largest absolute Gasteiger partial charge is 0.252 e. The third-order valence-electron chi connectivity index (χ3n) is 4.43. The van der Waals surface area contributed by atoms with Gasteiger partial charge in [-0.05, 0) is 36.5 Å². The van der Waals surface area contributed by atoms with Crippen molar-refractivity contribution in [3.8, 4) is 0 Å². The molecule has 3 nitrogen and oxygen atoms in total. The van der Waals surface area contributed by atoms with E-state index in [1.165, 1.54) is 37.7 Å². The van der Waals surface area contributed by atoms with Gasteiger partial charge in [-0.25, -0.2) is 4.98 Å². The Morgan fingerprint density at radius 2 is 2.00 bits per heavy atom. The van der Waals surface area contributed by atoms with Gasteiger partial charge >= 0.3 is 0 Å². The lowest BCUT2D eigenvalue weighted by atomic mass is 9.76. The highest BCUT2D eigenvalue weighted by atomic mass is 35.5. The summed E-state index contributed by atoms with van der Waals surface area (Å²) >= 11 is 12.5. The highest BCUT2D eigenvalue weighted by Gasteiger charge is 2.27. The molecule has 1 unspecified atom stereocenters. The van der Waals surface area contributed by atoms with E-state index in [1.54, 1.807) is 12.7 Å². The fraction of sp³-hybridized carbons (Fsp3) is 0.500. The second-order valence-electron chi connectivity index (χ2n) is 5.79. The van der Waals surface area contributed by atoms with E-state index in [1.807, 2.05) is 16.8 Å². The summed E-state index contributed by atoms with van der Waals surface area (Å²) in [5, 5.41) is 5.71. The first-order chi connectivity index (χ1) is 10.2. The van der Waals surface area contributed by atoms with Crippen LogP contribution < -0.4 is 0 Å². The molecule has 1 aromatic carbocycles. The van der Waals surface area contributed by atoms with Crippen molar-refractivity contribution in [2.45, 2.75) is 44.6 Å². The Hall–Kier alpha value is -1.06. The molecule has 5 heteroatoms. The van der Waals surface area contributed by atoms with Crippen molar-refractivity contribution in [1.82, 2.24) is 14.8 Å². The molecule has 1 saturated carbocycles. The molecule has 1 atom stereocenters. The molecule has 0 saturated heterocycles. The summed E-state index contributed by atoms with van der Waals surface area (Å²) in [7, 11) is 0. The SMILES string of the molecule is Clc1ccc(C(Cn2cncn2)C2CCCCC2)c(Cl)c1. The fourth-order valence-corrected chi connectivity index (χ4v) is 3.92. The number of benzene rings is 1. The molecular formula is C16H19Cl2N3. The minimum atomic E-state index is 0.372. The van der Waals surface area contributed by atoms with Crippen molar-refractivity contribution in [2.24, 2.45) is 5.92 Å². The molecule has 1 aromatic heterocycles. The molecule has 0 bridgehead atoms. The Kier molecular flexibility index (Phi) is 4.81. The third kappa shape index (κ3) is 3.58. The number of aromatic nitrogens is 3. The molecule has 0 amide bonds. The Balaban J connectivity index is 1.90. The second-order valence-corrected chi connectivity index (χ2v) is 6.63. The molecular weight excluding hydrogens is 305 g/mol. The van der Waals surface area contributed by atoms with E-state index in [-0.39, 0.29) is 0 Å². The van der Waals surface area contributed by atoms with Crippen LogP contribution in [-0.2, 0) is 6.54 Å². The molecule has 2 aromatic rings. The van der Waals surface area contributed by atoms with E-state index in [9.17, 15) is 0 Å². The maximum Gasteiger partial charge on any atom is 0.137 e. The number of hydrogen-bond acceptors (Lipinski definition) is 2. The van der Waals surface area contributed by atoms with Gasteiger partial charge in [0.25, 0.3) is 0 Å². The van der Waals surface area contributed by atoms with Gasteiger partial charge in [-0.15, -0.1) is 0 Å². The second kappa shape index (κ2) is 6.80. The summed E-state index contributed by atoms with van der Waals surface area (Å²) in [6, 6.07) is 5.84. The molecule has 1 fully saturated rings. The van der Waals surface area contributed by atoms with Crippen LogP contribution in [0.5, 0.6) is 0 Å². The van der Waals surface area contributed by atoms with Gasteiger partial charge in [-0.3, -0.25) is 4.68 Å². The summed E-state index contributed by atoms with van der Waals surface area (Å²) in [6.45, 7) is 0.825. The standard InChI is InChI=1S/C16H19Cl2N3/c17-13-6-7-14(16(18)8-13)15(9-21-11-19-10-20-21)12-4-2-1-3-5-12/h6-8,10-12,15H,1-5,9H2. The molecule has 0 aliphatic heterocycles. The number of nitrogens with zero attached hydrogens (tertiary/aromatic N) is 3. The first-order valence-electron chi connectivity index (χ1n) is 7.51. The van der Waals surface area contributed by atoms with Gasteiger partial charge in [-0.1, -0.05) is 48.5 Å². The van der Waals surface area contributed by atoms with Crippen LogP contribution in [0.1, 0.15) is 43.6 Å². The number of halogens is 2. The van der Waals surface area contributed by atoms with Gasteiger partial charge in [0.15, 0.2) is 0 Å². The van der Waals surface area contributed by atoms with Crippen LogP contribution in [0.2, 0.25) is 10.0 Å². The minimum absolute atomic E-state index is 0.372. The highest BCUT2D eigenvalue weighted by Crippen LogP contribution is 2.40. The Morgan fingerprint density at radius 1 is 1.19 bits per heavy atom. The lowest BCUT2D eigenvalue weighted by Crippen LogP contribution is -2.21. The Labute approximate surface area is 135 Å². The zero-order chi connectivity index (χ0) is 14.7. The molecule has 1 aliphatic carbocycles. The predicted octanol–water partition coefficient (Wildman–Crippen LogP) is 4.95. The van der Waals surface area contributed by atoms with Crippen molar-refractivity contribution in [1.29, 1.82) is 0 Å². The fourth-order valence-electron chi connectivity index (χ4n) is 3.37. The van der Waals surface area contributed by atoms with E-state index < -0.39 is 0 Å². The van der Waals surface area contributed by atoms with E-state index in [4.69, 9.17) is 23.2 Å². The first kappa shape index (κ1) is 14.9. The van der Waals surface area contributed by atoms with Gasteiger partial charge in [0.2, 0.25) is 0 Å². The van der Waals surface area contributed by atoms with Gasteiger partial charge in [0.05, 0.1) is 0 Å². The van der Waals surface area contributed by atoms with Crippen molar-refractivity contribution >= 4 is 23.2 Å². The van der Waals surface area contributed by atoms with Crippen LogP contribution in [0.15, 0.2) is 30.9 Å². The average molecular weight is 324 g/mol. The van der Waals surface area contributed by atoms with Crippen LogP contribution in [0.25, 0.3) is 0 Å². The first-order valence-corrected chi connectivity index (χ1v) is 8.27. The third-order valence-corrected chi connectivity index (χ3v) is 4.99. The molecule has 112 valence electrons. The molecule has 3 rings (SSSR count). The van der Waals surface area contributed by atoms with Crippen LogP contribution in [0, 0.1) is 5.92 Å². The van der Waals surface area contributed by atoms with E-state index in [0.717, 1.165) is 11.6 Å². The molecule has 0 spiro atoms. The van der Waals surface area contributed by atoms with Crippen LogP contribution in [-0.4, -0.2) is 14.8 Å². The monoisotopic (exact) mass is 323 g/mol. The van der Waals surface area contributed by atoms with Crippen molar-refractivity contribution in [2.75, 3.05) is 0 Å². The Bertz CT molecular complexity index is 577. The van der Waals surface area contributed by atoms with Crippen LogP contribution >= 0.6 is 23.2 Å². The van der Waals surface area contributed by atoms with E-state index >= 15 is 0 Å². The number of rotatable bonds is 4. The van der Waals surface area contributed by atoms with Crippen molar-refractivity contribution in [3.05, 3.63) is 46.5 Å². The maximum absolute atomic E-state index is 6.45. The van der Waals surface area contributed by atoms with Gasteiger partial charge in [-0.2, -0.15) is 5.10 Å². The van der Waals surface area contributed by atoms with Crippen molar-refractivity contribution < 1.29 is 0 Å². The molecule has 21 heavy (non-hydrogen) atoms. The smallest absolute Gasteiger partial charge is 0.137 e. The summed E-state index contributed by atoms with van der Waals surface area (Å²) < 4.78 is 1.91. The van der Waals surface area contributed by atoms with Crippen LogP contribution in [0.4, 0.5) is 0 Å². The van der Waals surface area contributed by atoms with E-state index in [0.29, 0.717) is 16.9 Å². The topological polar surface area (TPSA) is 30.7 Å². The summed E-state index contributed by atoms with van der Waals surface area (Å²) in [5.74, 6) is 1.03. The zero-order valence-electron chi connectivity index (χ0n) is 11.9. The maximum atomic E-state index is 6.45. The van der Waals surface area contributed by atoms with Gasteiger partial charge < -0.3 is 0 Å². The Morgan fingerprint density at radius 3 is 2.67 bits per heavy atom. The quantitative estimate of drug-likeness (QED) is 0.797. The lowest BCUT2D eigenvalue weighted by molar-refractivity contribution is 0.278. The molecule has 1 heterocycles. The highest BCUT2D eigenvalue weighted by molar-refractivity contribution is 6.35. The predicted molar refractivity (Wildman–Crippen MR) is 85.8 cm³/mol. The van der Waals surface area contributed by atoms with Crippen molar-refractivity contribution in [3.63, 3.8) is 0 Å². The zero-order valence-corrected chi connectivity index (χ0v) is 13.4. The minimum Gasteiger partial charge on any atom is -0.252 e.